The van der Waals surface area contributed by atoms with E-state index < -0.39 is 41.5 Å². The summed E-state index contributed by atoms with van der Waals surface area (Å²) in [5, 5.41) is 2.71. The van der Waals surface area contributed by atoms with Crippen LogP contribution < -0.4 is 11.1 Å². The lowest BCUT2D eigenvalue weighted by atomic mass is 9.67. The summed E-state index contributed by atoms with van der Waals surface area (Å²) in [5.41, 5.74) is 4.74. The van der Waals surface area contributed by atoms with E-state index in [4.69, 9.17) is 24.7 Å². The third-order valence-corrected chi connectivity index (χ3v) is 5.93. The average Bonchev–Trinajstić information content (AvgIpc) is 3.15. The van der Waals surface area contributed by atoms with E-state index in [0.29, 0.717) is 11.3 Å². The van der Waals surface area contributed by atoms with Crippen LogP contribution in [-0.2, 0) is 50.1 Å². The van der Waals surface area contributed by atoms with Gasteiger partial charge in [0.2, 0.25) is 11.8 Å². The number of rotatable bonds is 8. The Morgan fingerprint density at radius 1 is 0.892 bits per heavy atom. The first kappa shape index (κ1) is 25.5. The van der Waals surface area contributed by atoms with Gasteiger partial charge in [0.1, 0.15) is 35.3 Å². The zero-order valence-electron chi connectivity index (χ0n) is 20.4. The minimum Gasteiger partial charge on any atom is -0.466 e. The molecule has 37 heavy (non-hydrogen) atoms. The van der Waals surface area contributed by atoms with Crippen LogP contribution >= 0.6 is 0 Å². The SMILES string of the molecule is CCOC(=O)CC1=C(C(=O)OCC)[C@@]2(C(=O)Nc3ccccc32)C(C(=O)OCc2ccccc2)=C(N)O1. The van der Waals surface area contributed by atoms with E-state index >= 15 is 0 Å². The second-order valence-corrected chi connectivity index (χ2v) is 8.15. The number of carbonyl (C=O) groups excluding carboxylic acids is 4. The first-order valence-corrected chi connectivity index (χ1v) is 11.7. The van der Waals surface area contributed by atoms with E-state index in [2.05, 4.69) is 5.32 Å². The highest BCUT2D eigenvalue weighted by Crippen LogP contribution is 2.53. The van der Waals surface area contributed by atoms with E-state index in [-0.39, 0.29) is 42.3 Å². The number of nitrogens with two attached hydrogens (primary N) is 1. The fourth-order valence-corrected chi connectivity index (χ4v) is 4.49. The van der Waals surface area contributed by atoms with Gasteiger partial charge < -0.3 is 30.0 Å². The number of hydrogen-bond acceptors (Lipinski definition) is 9. The van der Waals surface area contributed by atoms with Crippen LogP contribution in [0.25, 0.3) is 0 Å². The van der Waals surface area contributed by atoms with Crippen LogP contribution in [-0.4, -0.2) is 37.0 Å². The van der Waals surface area contributed by atoms with Crippen LogP contribution in [0.3, 0.4) is 0 Å². The molecule has 4 rings (SSSR count). The molecular formula is C27H26N2O8. The summed E-state index contributed by atoms with van der Waals surface area (Å²) in [6, 6.07) is 15.4. The van der Waals surface area contributed by atoms with Crippen LogP contribution in [0.1, 0.15) is 31.4 Å². The first-order valence-electron chi connectivity index (χ1n) is 11.7. The molecule has 0 fully saturated rings. The summed E-state index contributed by atoms with van der Waals surface area (Å²) in [7, 11) is 0. The van der Waals surface area contributed by atoms with E-state index in [1.807, 2.05) is 6.07 Å². The van der Waals surface area contributed by atoms with Gasteiger partial charge in [0.05, 0.1) is 13.2 Å². The molecule has 0 radical (unpaired) electrons. The van der Waals surface area contributed by atoms with Crippen molar-refractivity contribution in [2.24, 2.45) is 5.73 Å². The van der Waals surface area contributed by atoms with Gasteiger partial charge in [-0.25, -0.2) is 9.59 Å². The van der Waals surface area contributed by atoms with E-state index in [9.17, 15) is 19.2 Å². The van der Waals surface area contributed by atoms with Gasteiger partial charge in [0.25, 0.3) is 0 Å². The molecule has 2 aromatic rings. The minimum atomic E-state index is -2.08. The van der Waals surface area contributed by atoms with Crippen molar-refractivity contribution in [2.75, 3.05) is 18.5 Å². The predicted molar refractivity (Wildman–Crippen MR) is 130 cm³/mol. The minimum absolute atomic E-state index is 0.0403. The average molecular weight is 507 g/mol. The number of hydrogen-bond donors (Lipinski definition) is 2. The quantitative estimate of drug-likeness (QED) is 0.408. The number of esters is 3. The van der Waals surface area contributed by atoms with Crippen LogP contribution in [0.15, 0.2) is 77.4 Å². The van der Waals surface area contributed by atoms with E-state index in [1.165, 1.54) is 0 Å². The molecule has 0 bridgehead atoms. The zero-order valence-corrected chi connectivity index (χ0v) is 20.4. The molecule has 10 heteroatoms. The van der Waals surface area contributed by atoms with Crippen LogP contribution in [0.4, 0.5) is 5.69 Å². The number of ether oxygens (including phenoxy) is 4. The molecule has 10 nitrogen and oxygen atoms in total. The summed E-state index contributed by atoms with van der Waals surface area (Å²) >= 11 is 0. The predicted octanol–water partition coefficient (Wildman–Crippen LogP) is 2.59. The second kappa shape index (κ2) is 10.6. The maximum Gasteiger partial charge on any atom is 0.341 e. The van der Waals surface area contributed by atoms with Gasteiger partial charge in [-0.15, -0.1) is 0 Å². The Labute approximate surface area is 213 Å². The smallest absolute Gasteiger partial charge is 0.341 e. The van der Waals surface area contributed by atoms with Gasteiger partial charge in [-0.1, -0.05) is 48.5 Å². The van der Waals surface area contributed by atoms with Crippen LogP contribution in [0.2, 0.25) is 0 Å². The number of carbonyl (C=O) groups is 4. The summed E-state index contributed by atoms with van der Waals surface area (Å²) in [6.45, 7) is 3.13. The van der Waals surface area contributed by atoms with E-state index in [0.717, 1.165) is 0 Å². The Morgan fingerprint density at radius 2 is 1.54 bits per heavy atom. The van der Waals surface area contributed by atoms with Crippen molar-refractivity contribution in [2.45, 2.75) is 32.3 Å². The molecule has 1 amide bonds. The van der Waals surface area contributed by atoms with Gasteiger partial charge in [-0.2, -0.15) is 0 Å². The molecule has 0 unspecified atom stereocenters. The first-order chi connectivity index (χ1) is 17.8. The summed E-state index contributed by atoms with van der Waals surface area (Å²) in [5.74, 6) is -4.10. The van der Waals surface area contributed by atoms with Crippen molar-refractivity contribution < 1.29 is 38.1 Å². The monoisotopic (exact) mass is 506 g/mol. The van der Waals surface area contributed by atoms with E-state index in [1.54, 1.807) is 62.4 Å². The van der Waals surface area contributed by atoms with Gasteiger partial charge in [0.15, 0.2) is 0 Å². The summed E-state index contributed by atoms with van der Waals surface area (Å²) < 4.78 is 21.5. The van der Waals surface area contributed by atoms with Crippen molar-refractivity contribution in [3.63, 3.8) is 0 Å². The molecule has 2 heterocycles. The highest BCUT2D eigenvalue weighted by Gasteiger charge is 2.62. The topological polar surface area (TPSA) is 143 Å². The fraction of sp³-hybridized carbons (Fsp3) is 0.259. The molecule has 2 aliphatic rings. The van der Waals surface area contributed by atoms with Gasteiger partial charge in [-0.3, -0.25) is 9.59 Å². The molecule has 0 saturated carbocycles. The number of nitrogens with one attached hydrogen (secondary N) is 1. The second-order valence-electron chi connectivity index (χ2n) is 8.15. The number of para-hydroxylation sites is 1. The van der Waals surface area contributed by atoms with Crippen molar-refractivity contribution >= 4 is 29.5 Å². The highest BCUT2D eigenvalue weighted by atomic mass is 16.6. The molecule has 192 valence electrons. The Hall–Kier alpha value is -4.60. The lowest BCUT2D eigenvalue weighted by Crippen LogP contribution is -2.49. The third-order valence-electron chi connectivity index (χ3n) is 5.93. The number of anilines is 1. The van der Waals surface area contributed by atoms with Crippen molar-refractivity contribution in [1.29, 1.82) is 0 Å². The summed E-state index contributed by atoms with van der Waals surface area (Å²) in [6.07, 6.45) is -0.522. The van der Waals surface area contributed by atoms with Gasteiger partial charge in [0, 0.05) is 11.3 Å². The maximum atomic E-state index is 13.8. The molecule has 2 aromatic carbocycles. The molecule has 1 spiro atoms. The number of fused-ring (bicyclic) bond motifs is 2. The lowest BCUT2D eigenvalue weighted by Gasteiger charge is -2.36. The molecule has 0 aromatic heterocycles. The molecule has 0 saturated heterocycles. The molecule has 2 aliphatic heterocycles. The van der Waals surface area contributed by atoms with Crippen LogP contribution in [0, 0.1) is 0 Å². The number of benzene rings is 2. The number of amides is 1. The normalized spacial score (nSPS) is 18.2. The Morgan fingerprint density at radius 3 is 2.24 bits per heavy atom. The van der Waals surface area contributed by atoms with Crippen LogP contribution in [0.5, 0.6) is 0 Å². The Kier molecular flexibility index (Phi) is 7.28. The zero-order chi connectivity index (χ0) is 26.6. The molecule has 3 N–H and O–H groups in total. The fourth-order valence-electron chi connectivity index (χ4n) is 4.49. The molecule has 1 atom stereocenters. The van der Waals surface area contributed by atoms with Gasteiger partial charge in [-0.05, 0) is 25.5 Å². The molecule has 0 aliphatic carbocycles. The molecular weight excluding hydrogens is 480 g/mol. The largest absolute Gasteiger partial charge is 0.466 e. The highest BCUT2D eigenvalue weighted by molar-refractivity contribution is 6.21. The van der Waals surface area contributed by atoms with Gasteiger partial charge >= 0.3 is 17.9 Å². The lowest BCUT2D eigenvalue weighted by molar-refractivity contribution is -0.144. The Balaban J connectivity index is 1.91. The van der Waals surface area contributed by atoms with Crippen molar-refractivity contribution in [3.8, 4) is 0 Å². The van der Waals surface area contributed by atoms with Crippen molar-refractivity contribution in [3.05, 3.63) is 88.5 Å². The Bertz CT molecular complexity index is 1310. The van der Waals surface area contributed by atoms with Crippen molar-refractivity contribution in [1.82, 2.24) is 0 Å². The maximum absolute atomic E-state index is 13.8. The standard InChI is InChI=1S/C27H26N2O8/c1-3-34-20(30)14-19-21(24(31)35-4-2)27(17-12-8-9-13-18(17)29-26(27)33)22(23(28)37-19)25(32)36-15-16-10-6-5-7-11-16/h5-13H,3-4,14-15,28H2,1-2H3,(H,29,33)/t27-/m1/s1. The summed E-state index contributed by atoms with van der Waals surface area (Å²) in [4.78, 5) is 53.2. The third kappa shape index (κ3) is 4.53.